The van der Waals surface area contributed by atoms with Crippen molar-refractivity contribution in [2.75, 3.05) is 5.32 Å². The van der Waals surface area contributed by atoms with Crippen molar-refractivity contribution in [3.63, 3.8) is 0 Å². The summed E-state index contributed by atoms with van der Waals surface area (Å²) in [6.45, 7) is 5.97. The van der Waals surface area contributed by atoms with Gasteiger partial charge in [-0.25, -0.2) is 4.79 Å². The molecule has 2 aromatic heterocycles. The Balaban J connectivity index is 2.02. The van der Waals surface area contributed by atoms with Crippen LogP contribution in [-0.4, -0.2) is 42.5 Å². The summed E-state index contributed by atoms with van der Waals surface area (Å²) in [5.74, 6) is -1.28. The monoisotopic (exact) mass is 364 g/mol. The molecular formula is C15H20N6O5. The van der Waals surface area contributed by atoms with Gasteiger partial charge in [0.05, 0.1) is 35.7 Å². The molecule has 0 bridgehead atoms. The van der Waals surface area contributed by atoms with E-state index in [1.54, 1.807) is 20.0 Å². The number of esters is 1. The molecule has 1 N–H and O–H groups in total. The largest absolute Gasteiger partial charge is 0.458 e. The highest BCUT2D eigenvalue weighted by Crippen LogP contribution is 2.16. The summed E-state index contributed by atoms with van der Waals surface area (Å²) in [6, 6.07) is 1.25. The van der Waals surface area contributed by atoms with E-state index in [1.807, 2.05) is 6.92 Å². The number of rotatable bonds is 8. The van der Waals surface area contributed by atoms with Crippen LogP contribution >= 0.6 is 0 Å². The SMILES string of the molecule is CCn1cc(NC(=O)CCn2ccc([N+](=O)[O-])n2)c(C(=O)OC(C)C)n1. The van der Waals surface area contributed by atoms with E-state index in [-0.39, 0.29) is 42.2 Å². The Hall–Kier alpha value is -3.24. The van der Waals surface area contributed by atoms with Crippen molar-refractivity contribution in [2.45, 2.75) is 46.4 Å². The lowest BCUT2D eigenvalue weighted by Crippen LogP contribution is -2.18. The number of hydrogen-bond acceptors (Lipinski definition) is 7. The number of nitro groups is 1. The van der Waals surface area contributed by atoms with E-state index in [4.69, 9.17) is 4.74 Å². The lowest BCUT2D eigenvalue weighted by molar-refractivity contribution is -0.389. The fourth-order valence-electron chi connectivity index (χ4n) is 2.10. The number of carbonyl (C=O) groups is 2. The van der Waals surface area contributed by atoms with Crippen LogP contribution in [0.3, 0.4) is 0 Å². The van der Waals surface area contributed by atoms with Crippen LogP contribution in [0.4, 0.5) is 11.5 Å². The van der Waals surface area contributed by atoms with Crippen LogP contribution in [-0.2, 0) is 22.6 Å². The molecule has 0 atom stereocenters. The minimum atomic E-state index is -0.620. The van der Waals surface area contributed by atoms with E-state index in [0.717, 1.165) is 0 Å². The average Bonchev–Trinajstić information content (AvgIpc) is 3.19. The predicted octanol–water partition coefficient (Wildman–Crippen LogP) is 1.60. The predicted molar refractivity (Wildman–Crippen MR) is 90.6 cm³/mol. The minimum Gasteiger partial charge on any atom is -0.458 e. The second-order valence-corrected chi connectivity index (χ2v) is 5.69. The summed E-state index contributed by atoms with van der Waals surface area (Å²) in [7, 11) is 0. The molecular weight excluding hydrogens is 344 g/mol. The number of nitrogens with one attached hydrogen (secondary N) is 1. The van der Waals surface area contributed by atoms with Crippen molar-refractivity contribution in [1.29, 1.82) is 0 Å². The maximum atomic E-state index is 12.1. The van der Waals surface area contributed by atoms with Gasteiger partial charge in [-0.05, 0) is 25.7 Å². The standard InChI is InChI=1S/C15H20N6O5/c1-4-19-9-11(14(18-19)15(23)26-10(2)3)16-13(22)6-8-20-7-5-12(17-20)21(24)25/h5,7,9-10H,4,6,8H2,1-3H3,(H,16,22). The summed E-state index contributed by atoms with van der Waals surface area (Å²) in [5, 5.41) is 21.1. The van der Waals surface area contributed by atoms with Crippen LogP contribution in [0.15, 0.2) is 18.5 Å². The Bertz CT molecular complexity index is 809. The molecule has 1 amide bonds. The topological polar surface area (TPSA) is 134 Å². The fourth-order valence-corrected chi connectivity index (χ4v) is 2.10. The third kappa shape index (κ3) is 4.88. The lowest BCUT2D eigenvalue weighted by atomic mass is 10.3. The van der Waals surface area contributed by atoms with E-state index < -0.39 is 10.9 Å². The lowest BCUT2D eigenvalue weighted by Gasteiger charge is -2.08. The van der Waals surface area contributed by atoms with E-state index in [1.165, 1.54) is 21.6 Å². The Morgan fingerprint density at radius 1 is 1.35 bits per heavy atom. The number of anilines is 1. The molecule has 2 heterocycles. The first kappa shape index (κ1) is 19.1. The highest BCUT2D eigenvalue weighted by Gasteiger charge is 2.21. The second-order valence-electron chi connectivity index (χ2n) is 5.69. The molecule has 26 heavy (non-hydrogen) atoms. The number of amides is 1. The van der Waals surface area contributed by atoms with Crippen LogP contribution in [0, 0.1) is 10.1 Å². The second kappa shape index (κ2) is 8.23. The van der Waals surface area contributed by atoms with E-state index in [9.17, 15) is 19.7 Å². The first-order valence-corrected chi connectivity index (χ1v) is 8.06. The van der Waals surface area contributed by atoms with Crippen LogP contribution in [0.2, 0.25) is 0 Å². The van der Waals surface area contributed by atoms with E-state index >= 15 is 0 Å². The highest BCUT2D eigenvalue weighted by atomic mass is 16.6. The van der Waals surface area contributed by atoms with Gasteiger partial charge in [0.1, 0.15) is 0 Å². The molecule has 0 spiro atoms. The van der Waals surface area contributed by atoms with Crippen LogP contribution in [0.5, 0.6) is 0 Å². The summed E-state index contributed by atoms with van der Waals surface area (Å²) in [4.78, 5) is 34.2. The van der Waals surface area contributed by atoms with Gasteiger partial charge >= 0.3 is 11.8 Å². The average molecular weight is 364 g/mol. The molecule has 2 aromatic rings. The number of carbonyl (C=O) groups excluding carboxylic acids is 2. The van der Waals surface area contributed by atoms with Crippen molar-refractivity contribution in [1.82, 2.24) is 19.6 Å². The maximum absolute atomic E-state index is 12.1. The van der Waals surface area contributed by atoms with Gasteiger partial charge in [-0.1, -0.05) is 0 Å². The molecule has 11 heteroatoms. The fraction of sp³-hybridized carbons (Fsp3) is 0.467. The molecule has 2 rings (SSSR count). The zero-order chi connectivity index (χ0) is 19.3. The van der Waals surface area contributed by atoms with E-state index in [2.05, 4.69) is 15.5 Å². The van der Waals surface area contributed by atoms with Crippen LogP contribution in [0.1, 0.15) is 37.7 Å². The first-order chi connectivity index (χ1) is 12.3. The highest BCUT2D eigenvalue weighted by molar-refractivity contribution is 5.99. The Morgan fingerprint density at radius 3 is 2.65 bits per heavy atom. The smallest absolute Gasteiger partial charge is 0.389 e. The molecule has 0 saturated carbocycles. The molecule has 0 aliphatic rings. The number of aromatic nitrogens is 4. The zero-order valence-electron chi connectivity index (χ0n) is 14.7. The zero-order valence-corrected chi connectivity index (χ0v) is 14.7. The maximum Gasteiger partial charge on any atom is 0.389 e. The number of ether oxygens (including phenoxy) is 1. The van der Waals surface area contributed by atoms with Gasteiger partial charge in [-0.15, -0.1) is 0 Å². The molecule has 0 radical (unpaired) electrons. The molecule has 0 aromatic carbocycles. The molecule has 0 aliphatic heterocycles. The van der Waals surface area contributed by atoms with Gasteiger partial charge in [-0.3, -0.25) is 9.48 Å². The Kier molecular flexibility index (Phi) is 6.04. The van der Waals surface area contributed by atoms with Crippen molar-refractivity contribution in [2.24, 2.45) is 0 Å². The van der Waals surface area contributed by atoms with Gasteiger partial charge in [0, 0.05) is 19.2 Å². The molecule has 140 valence electrons. The van der Waals surface area contributed by atoms with Gasteiger partial charge < -0.3 is 20.2 Å². The van der Waals surface area contributed by atoms with Crippen molar-refractivity contribution < 1.29 is 19.2 Å². The molecule has 0 aliphatic carbocycles. The molecule has 0 saturated heterocycles. The van der Waals surface area contributed by atoms with Gasteiger partial charge in [0.2, 0.25) is 5.91 Å². The minimum absolute atomic E-state index is 0.0226. The van der Waals surface area contributed by atoms with E-state index in [0.29, 0.717) is 6.54 Å². The number of aryl methyl sites for hydroxylation is 2. The quantitative estimate of drug-likeness (QED) is 0.427. The van der Waals surface area contributed by atoms with Gasteiger partial charge in [-0.2, -0.15) is 9.78 Å². The Labute approximate surface area is 149 Å². The summed E-state index contributed by atoms with van der Waals surface area (Å²) >= 11 is 0. The van der Waals surface area contributed by atoms with Gasteiger partial charge in [0.15, 0.2) is 5.69 Å². The van der Waals surface area contributed by atoms with Crippen LogP contribution in [0.25, 0.3) is 0 Å². The van der Waals surface area contributed by atoms with Crippen molar-refractivity contribution >= 4 is 23.4 Å². The Morgan fingerprint density at radius 2 is 2.08 bits per heavy atom. The molecule has 11 nitrogen and oxygen atoms in total. The first-order valence-electron chi connectivity index (χ1n) is 8.06. The summed E-state index contributed by atoms with van der Waals surface area (Å²) in [6.07, 6.45) is 2.68. The van der Waals surface area contributed by atoms with Crippen molar-refractivity contribution in [3.05, 3.63) is 34.3 Å². The summed E-state index contributed by atoms with van der Waals surface area (Å²) < 4.78 is 7.95. The normalized spacial score (nSPS) is 10.8. The molecule has 0 fully saturated rings. The number of nitrogens with zero attached hydrogens (tertiary/aromatic N) is 5. The summed E-state index contributed by atoms with van der Waals surface area (Å²) in [5.41, 5.74) is 0.289. The van der Waals surface area contributed by atoms with Crippen LogP contribution < -0.4 is 5.32 Å². The van der Waals surface area contributed by atoms with Gasteiger partial charge in [0.25, 0.3) is 0 Å². The third-order valence-corrected chi connectivity index (χ3v) is 3.28. The molecule has 0 unspecified atom stereocenters. The number of hydrogen-bond donors (Lipinski definition) is 1. The third-order valence-electron chi connectivity index (χ3n) is 3.28. The van der Waals surface area contributed by atoms with Crippen molar-refractivity contribution in [3.8, 4) is 0 Å².